The van der Waals surface area contributed by atoms with Crippen LogP contribution in [-0.2, 0) is 4.79 Å². The highest BCUT2D eigenvalue weighted by molar-refractivity contribution is 7.99. The zero-order chi connectivity index (χ0) is 13.5. The van der Waals surface area contributed by atoms with Crippen molar-refractivity contribution in [3.8, 4) is 0 Å². The summed E-state index contributed by atoms with van der Waals surface area (Å²) in [6.07, 6.45) is 3.59. The molecule has 1 aromatic heterocycles. The van der Waals surface area contributed by atoms with Gasteiger partial charge in [0, 0.05) is 17.3 Å². The molecule has 1 heterocycles. The molecule has 0 saturated carbocycles. The maximum absolute atomic E-state index is 10.9. The number of unbranched alkanes of at least 4 members (excludes halogenated alkanes) is 2. The first kappa shape index (κ1) is 14.0. The van der Waals surface area contributed by atoms with Gasteiger partial charge in [0.1, 0.15) is 0 Å². The molecule has 0 spiro atoms. The summed E-state index contributed by atoms with van der Waals surface area (Å²) in [5.74, 6) is 6.00. The van der Waals surface area contributed by atoms with E-state index in [0.717, 1.165) is 25.0 Å². The average molecular weight is 277 g/mol. The number of aromatic nitrogens is 1. The number of hydrogen-bond donors (Lipinski definition) is 3. The van der Waals surface area contributed by atoms with Gasteiger partial charge in [-0.2, -0.15) is 0 Å². The molecule has 1 aromatic carbocycles. The molecule has 0 unspecified atom stereocenters. The highest BCUT2D eigenvalue weighted by Crippen LogP contribution is 2.24. The number of aromatic amines is 1. The number of thioether (sulfide) groups is 1. The van der Waals surface area contributed by atoms with Crippen molar-refractivity contribution >= 4 is 28.6 Å². The lowest BCUT2D eigenvalue weighted by molar-refractivity contribution is -0.121. The molecule has 4 N–H and O–H groups in total. The van der Waals surface area contributed by atoms with E-state index in [1.165, 1.54) is 15.9 Å². The molecule has 19 heavy (non-hydrogen) atoms. The summed E-state index contributed by atoms with van der Waals surface area (Å²) in [5, 5.41) is 2.46. The zero-order valence-corrected chi connectivity index (χ0v) is 11.6. The van der Waals surface area contributed by atoms with E-state index in [1.54, 1.807) is 0 Å². The van der Waals surface area contributed by atoms with E-state index in [-0.39, 0.29) is 5.91 Å². The summed E-state index contributed by atoms with van der Waals surface area (Å²) >= 11 is 1.83. The maximum Gasteiger partial charge on any atom is 0.233 e. The fourth-order valence-electron chi connectivity index (χ4n) is 1.94. The largest absolute Gasteiger partial charge is 0.350 e. The van der Waals surface area contributed by atoms with Gasteiger partial charge < -0.3 is 4.98 Å². The molecule has 5 heteroatoms. The van der Waals surface area contributed by atoms with Crippen molar-refractivity contribution < 1.29 is 4.79 Å². The molecule has 0 atom stereocenters. The number of fused-ring (bicyclic) bond motifs is 1. The minimum atomic E-state index is -0.0803. The van der Waals surface area contributed by atoms with Gasteiger partial charge in [-0.15, -0.1) is 11.8 Å². The van der Waals surface area contributed by atoms with Crippen LogP contribution in [0.5, 0.6) is 0 Å². The number of para-hydroxylation sites is 1. The van der Waals surface area contributed by atoms with Crippen molar-refractivity contribution in [1.82, 2.24) is 10.4 Å². The van der Waals surface area contributed by atoms with E-state index in [9.17, 15) is 4.79 Å². The monoisotopic (exact) mass is 277 g/mol. The van der Waals surface area contributed by atoms with Crippen LogP contribution < -0.4 is 11.3 Å². The lowest BCUT2D eigenvalue weighted by Crippen LogP contribution is -2.29. The summed E-state index contributed by atoms with van der Waals surface area (Å²) in [7, 11) is 0. The summed E-state index contributed by atoms with van der Waals surface area (Å²) in [6.45, 7) is 0. The van der Waals surface area contributed by atoms with Gasteiger partial charge in [0.2, 0.25) is 5.91 Å². The number of nitrogens with two attached hydrogens (primary N) is 1. The normalized spacial score (nSPS) is 10.8. The van der Waals surface area contributed by atoms with Gasteiger partial charge in [-0.25, -0.2) is 5.84 Å². The van der Waals surface area contributed by atoms with Gasteiger partial charge in [0.15, 0.2) is 0 Å². The second-order valence-electron chi connectivity index (χ2n) is 4.45. The maximum atomic E-state index is 10.9. The van der Waals surface area contributed by atoms with Crippen molar-refractivity contribution in [2.45, 2.75) is 30.7 Å². The zero-order valence-electron chi connectivity index (χ0n) is 10.8. The number of hydrazine groups is 1. The Labute approximate surface area is 117 Å². The quantitative estimate of drug-likeness (QED) is 0.240. The molecule has 2 rings (SSSR count). The molecule has 0 bridgehead atoms. The Morgan fingerprint density at radius 3 is 2.89 bits per heavy atom. The first-order chi connectivity index (χ1) is 9.29. The van der Waals surface area contributed by atoms with Crippen LogP contribution in [-0.4, -0.2) is 16.6 Å². The van der Waals surface area contributed by atoms with E-state index in [1.807, 2.05) is 23.9 Å². The molecular formula is C14H19N3OS. The summed E-state index contributed by atoms with van der Waals surface area (Å²) < 4.78 is 0. The molecule has 0 aliphatic heterocycles. The number of benzene rings is 1. The Kier molecular flexibility index (Phi) is 5.30. The van der Waals surface area contributed by atoms with Gasteiger partial charge >= 0.3 is 0 Å². The molecule has 0 saturated heterocycles. The van der Waals surface area contributed by atoms with Crippen molar-refractivity contribution in [1.29, 1.82) is 0 Å². The van der Waals surface area contributed by atoms with Crippen molar-refractivity contribution in [3.05, 3.63) is 30.3 Å². The summed E-state index contributed by atoms with van der Waals surface area (Å²) in [5.41, 5.74) is 3.33. The van der Waals surface area contributed by atoms with E-state index >= 15 is 0 Å². The Morgan fingerprint density at radius 1 is 1.26 bits per heavy atom. The van der Waals surface area contributed by atoms with Gasteiger partial charge in [-0.1, -0.05) is 24.6 Å². The van der Waals surface area contributed by atoms with E-state index < -0.39 is 0 Å². The van der Waals surface area contributed by atoms with Crippen LogP contribution in [0.4, 0.5) is 0 Å². The van der Waals surface area contributed by atoms with Crippen molar-refractivity contribution in [2.75, 3.05) is 5.75 Å². The third-order valence-electron chi connectivity index (χ3n) is 2.97. The third-order valence-corrected chi connectivity index (χ3v) is 4.00. The first-order valence-electron chi connectivity index (χ1n) is 6.49. The highest BCUT2D eigenvalue weighted by atomic mass is 32.2. The number of H-pyrrole nitrogens is 1. The van der Waals surface area contributed by atoms with E-state index in [2.05, 4.69) is 28.6 Å². The number of nitrogens with one attached hydrogen (secondary N) is 2. The predicted octanol–water partition coefficient (Wildman–Crippen LogP) is 2.81. The highest BCUT2D eigenvalue weighted by Gasteiger charge is 2.01. The second-order valence-corrected chi connectivity index (χ2v) is 5.58. The Hall–Kier alpha value is -1.46. The second kappa shape index (κ2) is 7.21. The van der Waals surface area contributed by atoms with Crippen LogP contribution in [0.1, 0.15) is 25.7 Å². The molecule has 102 valence electrons. The number of rotatable bonds is 7. The molecule has 0 aliphatic rings. The lowest BCUT2D eigenvalue weighted by atomic mass is 10.2. The van der Waals surface area contributed by atoms with Crippen molar-refractivity contribution in [3.63, 3.8) is 0 Å². The van der Waals surface area contributed by atoms with Gasteiger partial charge in [0.25, 0.3) is 0 Å². The number of carbonyl (C=O) groups excluding carboxylic acids is 1. The molecule has 0 fully saturated rings. The van der Waals surface area contributed by atoms with E-state index in [4.69, 9.17) is 5.84 Å². The average Bonchev–Trinajstić information content (AvgIpc) is 2.84. The lowest BCUT2D eigenvalue weighted by Gasteiger charge is -2.00. The van der Waals surface area contributed by atoms with Gasteiger partial charge in [0.05, 0.1) is 5.03 Å². The summed E-state index contributed by atoms with van der Waals surface area (Å²) in [4.78, 5) is 14.3. The third kappa shape index (κ3) is 4.29. The van der Waals surface area contributed by atoms with Gasteiger partial charge in [-0.3, -0.25) is 10.2 Å². The topological polar surface area (TPSA) is 70.9 Å². The molecule has 1 amide bonds. The minimum Gasteiger partial charge on any atom is -0.350 e. The SMILES string of the molecule is NNC(=O)CCCCCSc1cc2ccccc2[nH]1. The number of hydrogen-bond acceptors (Lipinski definition) is 3. The number of amides is 1. The first-order valence-corrected chi connectivity index (χ1v) is 7.48. The summed E-state index contributed by atoms with van der Waals surface area (Å²) in [6, 6.07) is 10.5. The smallest absolute Gasteiger partial charge is 0.233 e. The molecule has 0 aliphatic carbocycles. The van der Waals surface area contributed by atoms with Crippen molar-refractivity contribution in [2.24, 2.45) is 5.84 Å². The van der Waals surface area contributed by atoms with Crippen LogP contribution >= 0.6 is 11.8 Å². The fourth-order valence-corrected chi connectivity index (χ4v) is 2.90. The van der Waals surface area contributed by atoms with E-state index in [0.29, 0.717) is 6.42 Å². The Balaban J connectivity index is 1.67. The molecule has 0 radical (unpaired) electrons. The fraction of sp³-hybridized carbons (Fsp3) is 0.357. The predicted molar refractivity (Wildman–Crippen MR) is 79.8 cm³/mol. The van der Waals surface area contributed by atoms with Crippen LogP contribution in [0.15, 0.2) is 35.4 Å². The Morgan fingerprint density at radius 2 is 2.11 bits per heavy atom. The minimum absolute atomic E-state index is 0.0803. The van der Waals surface area contributed by atoms with Gasteiger partial charge in [-0.05, 0) is 30.7 Å². The van der Waals surface area contributed by atoms with Crippen LogP contribution in [0.3, 0.4) is 0 Å². The van der Waals surface area contributed by atoms with Crippen LogP contribution in [0, 0.1) is 0 Å². The molecule has 2 aromatic rings. The molecular weight excluding hydrogens is 258 g/mol. The number of carbonyl (C=O) groups is 1. The standard InChI is InChI=1S/C14H19N3OS/c15-17-13(18)8-2-1-5-9-19-14-10-11-6-3-4-7-12(11)16-14/h3-4,6-7,10,16H,1-2,5,8-9,15H2,(H,17,18). The Bertz CT molecular complexity index is 505. The molecule has 4 nitrogen and oxygen atoms in total. The van der Waals surface area contributed by atoms with Crippen LogP contribution in [0.25, 0.3) is 10.9 Å². The van der Waals surface area contributed by atoms with Crippen LogP contribution in [0.2, 0.25) is 0 Å².